The van der Waals surface area contributed by atoms with Crippen LogP contribution in [0, 0.1) is 0 Å². The molecular weight excluding hydrogens is 200 g/mol. The minimum Gasteiger partial charge on any atom is -0.383 e. The summed E-state index contributed by atoms with van der Waals surface area (Å²) in [5, 5.41) is 0.842. The van der Waals surface area contributed by atoms with E-state index in [0.29, 0.717) is 11.7 Å². The molecule has 0 saturated heterocycles. The summed E-state index contributed by atoms with van der Waals surface area (Å²) in [5.41, 5.74) is 7.43. The van der Waals surface area contributed by atoms with Crippen molar-refractivity contribution >= 4 is 34.5 Å². The summed E-state index contributed by atoms with van der Waals surface area (Å²) in [7, 11) is 0. The minimum atomic E-state index is 0.472. The van der Waals surface area contributed by atoms with Gasteiger partial charge in [0.05, 0.1) is 5.39 Å². The Morgan fingerprint density at radius 3 is 3.14 bits per heavy atom. The number of nitrogens with one attached hydrogen (secondary N) is 1. The summed E-state index contributed by atoms with van der Waals surface area (Å²) in [5.74, 6) is 0.950. The Labute approximate surface area is 85.8 Å². The van der Waals surface area contributed by atoms with E-state index in [0.717, 1.165) is 16.6 Å². The molecule has 0 aliphatic carbocycles. The van der Waals surface area contributed by atoms with Gasteiger partial charge in [-0.1, -0.05) is 12.2 Å². The van der Waals surface area contributed by atoms with E-state index in [-0.39, 0.29) is 0 Å². The monoisotopic (exact) mass is 208 g/mol. The molecule has 2 rings (SSSR count). The van der Waals surface area contributed by atoms with Crippen LogP contribution in [0.2, 0.25) is 0 Å². The van der Waals surface area contributed by atoms with Crippen LogP contribution in [0.15, 0.2) is 18.6 Å². The second kappa shape index (κ2) is 3.67. The van der Waals surface area contributed by atoms with Crippen LogP contribution in [0.25, 0.3) is 17.1 Å². The molecule has 72 valence electrons. The molecule has 0 saturated carbocycles. The van der Waals surface area contributed by atoms with E-state index in [1.54, 1.807) is 0 Å². The van der Waals surface area contributed by atoms with E-state index in [1.165, 1.54) is 6.33 Å². The highest BCUT2D eigenvalue weighted by molar-refractivity contribution is 6.19. The van der Waals surface area contributed by atoms with Crippen LogP contribution in [0.3, 0.4) is 0 Å². The van der Waals surface area contributed by atoms with Crippen molar-refractivity contribution in [1.29, 1.82) is 0 Å². The topological polar surface area (TPSA) is 67.6 Å². The predicted octanol–water partition coefficient (Wildman–Crippen LogP) is 1.79. The quantitative estimate of drug-likeness (QED) is 0.740. The normalized spacial score (nSPS) is 11.5. The molecule has 0 aromatic carbocycles. The predicted molar refractivity (Wildman–Crippen MR) is 58.1 cm³/mol. The summed E-state index contributed by atoms with van der Waals surface area (Å²) >= 11 is 5.55. The summed E-state index contributed by atoms with van der Waals surface area (Å²) in [6.45, 7) is 0. The minimum absolute atomic E-state index is 0.472. The summed E-state index contributed by atoms with van der Waals surface area (Å²) < 4.78 is 0. The van der Waals surface area contributed by atoms with E-state index in [1.807, 2.05) is 18.3 Å². The lowest BCUT2D eigenvalue weighted by molar-refractivity contribution is 1.21. The van der Waals surface area contributed by atoms with Gasteiger partial charge in [0.2, 0.25) is 0 Å². The van der Waals surface area contributed by atoms with Gasteiger partial charge in [-0.2, -0.15) is 0 Å². The third-order valence-corrected chi connectivity index (χ3v) is 2.09. The number of hydrogen-bond donors (Lipinski definition) is 2. The molecule has 2 aromatic heterocycles. The fourth-order valence-electron chi connectivity index (χ4n) is 1.31. The second-order valence-corrected chi connectivity index (χ2v) is 3.09. The molecule has 0 amide bonds. The van der Waals surface area contributed by atoms with Gasteiger partial charge in [-0.15, -0.1) is 11.6 Å². The van der Waals surface area contributed by atoms with Gasteiger partial charge in [-0.25, -0.2) is 9.97 Å². The first-order chi connectivity index (χ1) is 6.83. The van der Waals surface area contributed by atoms with Crippen molar-refractivity contribution in [2.75, 3.05) is 11.6 Å². The molecule has 3 N–H and O–H groups in total. The first-order valence-electron chi connectivity index (χ1n) is 4.13. The van der Waals surface area contributed by atoms with Gasteiger partial charge in [0.1, 0.15) is 17.8 Å². The van der Waals surface area contributed by atoms with Crippen molar-refractivity contribution in [2.24, 2.45) is 0 Å². The van der Waals surface area contributed by atoms with Gasteiger partial charge >= 0.3 is 0 Å². The Bertz CT molecular complexity index is 475. The number of nitrogens with zero attached hydrogens (tertiary/aromatic N) is 2. The number of halogens is 1. The number of anilines is 1. The highest BCUT2D eigenvalue weighted by Crippen LogP contribution is 2.21. The largest absolute Gasteiger partial charge is 0.383 e. The van der Waals surface area contributed by atoms with Gasteiger partial charge in [-0.3, -0.25) is 0 Å². The van der Waals surface area contributed by atoms with E-state index < -0.39 is 0 Å². The van der Waals surface area contributed by atoms with Crippen molar-refractivity contribution in [1.82, 2.24) is 15.0 Å². The summed E-state index contributed by atoms with van der Waals surface area (Å²) in [4.78, 5) is 11.0. The molecule has 0 radical (unpaired) electrons. The summed E-state index contributed by atoms with van der Waals surface area (Å²) in [6.07, 6.45) is 7.00. The SMILES string of the molecule is Nc1ncnc2[nH]cc(C=CCCl)c12. The van der Waals surface area contributed by atoms with Gasteiger partial charge in [-0.05, 0) is 0 Å². The molecule has 5 heteroatoms. The van der Waals surface area contributed by atoms with Crippen LogP contribution in [0.1, 0.15) is 5.56 Å². The lowest BCUT2D eigenvalue weighted by Gasteiger charge is -1.94. The standard InChI is InChI=1S/C9H9ClN4/c10-3-1-2-6-4-12-9-7(6)8(11)13-5-14-9/h1-2,4-5H,3H2,(H3,11,12,13,14). The molecule has 2 aromatic rings. The molecule has 14 heavy (non-hydrogen) atoms. The lowest BCUT2D eigenvalue weighted by Crippen LogP contribution is -1.92. The molecule has 0 bridgehead atoms. The second-order valence-electron chi connectivity index (χ2n) is 2.78. The zero-order valence-corrected chi connectivity index (χ0v) is 8.12. The average molecular weight is 209 g/mol. The van der Waals surface area contributed by atoms with Gasteiger partial charge in [0.15, 0.2) is 0 Å². The Morgan fingerprint density at radius 2 is 2.36 bits per heavy atom. The smallest absolute Gasteiger partial charge is 0.143 e. The highest BCUT2D eigenvalue weighted by atomic mass is 35.5. The summed E-state index contributed by atoms with van der Waals surface area (Å²) in [6, 6.07) is 0. The maximum atomic E-state index is 5.74. The highest BCUT2D eigenvalue weighted by Gasteiger charge is 2.05. The van der Waals surface area contributed by atoms with Crippen LogP contribution < -0.4 is 5.73 Å². The number of allylic oxidation sites excluding steroid dienone is 1. The molecule has 0 fully saturated rings. The van der Waals surface area contributed by atoms with Crippen molar-refractivity contribution < 1.29 is 0 Å². The van der Waals surface area contributed by atoms with Crippen LogP contribution in [0.4, 0.5) is 5.82 Å². The number of rotatable bonds is 2. The number of nitrogens with two attached hydrogens (primary N) is 1. The van der Waals surface area contributed by atoms with Gasteiger partial charge in [0.25, 0.3) is 0 Å². The fraction of sp³-hybridized carbons (Fsp3) is 0.111. The maximum Gasteiger partial charge on any atom is 0.143 e. The molecular formula is C9H9ClN4. The van der Waals surface area contributed by atoms with E-state index >= 15 is 0 Å². The fourth-order valence-corrected chi connectivity index (χ4v) is 1.40. The van der Waals surface area contributed by atoms with Crippen molar-refractivity contribution in [3.05, 3.63) is 24.2 Å². The van der Waals surface area contributed by atoms with Gasteiger partial charge < -0.3 is 10.7 Å². The van der Waals surface area contributed by atoms with E-state index in [2.05, 4.69) is 15.0 Å². The van der Waals surface area contributed by atoms with Crippen LogP contribution in [0.5, 0.6) is 0 Å². The van der Waals surface area contributed by atoms with Crippen LogP contribution in [-0.4, -0.2) is 20.8 Å². The number of alkyl halides is 1. The number of fused-ring (bicyclic) bond motifs is 1. The lowest BCUT2D eigenvalue weighted by atomic mass is 10.2. The first-order valence-corrected chi connectivity index (χ1v) is 4.66. The Kier molecular flexibility index (Phi) is 2.37. The van der Waals surface area contributed by atoms with Crippen LogP contribution >= 0.6 is 11.6 Å². The molecule has 0 aliphatic rings. The molecule has 0 aliphatic heterocycles. The zero-order valence-electron chi connectivity index (χ0n) is 7.37. The Morgan fingerprint density at radius 1 is 1.50 bits per heavy atom. The third-order valence-electron chi connectivity index (χ3n) is 1.92. The average Bonchev–Trinajstić information content (AvgIpc) is 2.59. The number of H-pyrrole nitrogens is 1. The zero-order chi connectivity index (χ0) is 9.97. The van der Waals surface area contributed by atoms with E-state index in [9.17, 15) is 0 Å². The molecule has 4 nitrogen and oxygen atoms in total. The molecule has 0 unspecified atom stereocenters. The Hall–Kier alpha value is -1.55. The number of hydrogen-bond acceptors (Lipinski definition) is 3. The van der Waals surface area contributed by atoms with Crippen molar-refractivity contribution in [3.8, 4) is 0 Å². The van der Waals surface area contributed by atoms with E-state index in [4.69, 9.17) is 17.3 Å². The van der Waals surface area contributed by atoms with Crippen molar-refractivity contribution in [3.63, 3.8) is 0 Å². The molecule has 2 heterocycles. The molecule has 0 atom stereocenters. The first kappa shape index (κ1) is 9.02. The Balaban J connectivity index is 2.61. The number of aromatic amines is 1. The number of aromatic nitrogens is 3. The van der Waals surface area contributed by atoms with Crippen LogP contribution in [-0.2, 0) is 0 Å². The molecule has 0 spiro atoms. The third kappa shape index (κ3) is 1.44. The van der Waals surface area contributed by atoms with Crippen molar-refractivity contribution in [2.45, 2.75) is 0 Å². The maximum absolute atomic E-state index is 5.74. The van der Waals surface area contributed by atoms with Gasteiger partial charge in [0, 0.05) is 17.6 Å². The number of nitrogen functional groups attached to an aromatic ring is 1.